The summed E-state index contributed by atoms with van der Waals surface area (Å²) in [5, 5.41) is 2.88. The highest BCUT2D eigenvalue weighted by atomic mass is 15.0. The molecule has 3 N–H and O–H groups in total. The van der Waals surface area contributed by atoms with E-state index in [-0.39, 0.29) is 0 Å². The van der Waals surface area contributed by atoms with Crippen LogP contribution in [0.15, 0.2) is 18.0 Å². The maximum Gasteiger partial charge on any atom is 0.0962 e. The second-order valence-electron chi connectivity index (χ2n) is 1.35. The third kappa shape index (κ3) is 0.961. The fraction of sp³-hybridized carbons (Fsp3) is 0.200. The van der Waals surface area contributed by atoms with Crippen molar-refractivity contribution in [1.82, 2.24) is 5.32 Å². The van der Waals surface area contributed by atoms with Crippen molar-refractivity contribution < 1.29 is 0 Å². The molecule has 0 fully saturated rings. The first-order chi connectivity index (χ1) is 3.39. The molecule has 0 aromatic heterocycles. The molecule has 0 bridgehead atoms. The van der Waals surface area contributed by atoms with Crippen LogP contribution in [0.3, 0.4) is 0 Å². The fourth-order valence-corrected chi connectivity index (χ4v) is 0.420. The molecule has 0 aromatic carbocycles. The second-order valence-corrected chi connectivity index (χ2v) is 1.35. The molecular weight excluding hydrogens is 88.1 g/mol. The van der Waals surface area contributed by atoms with Gasteiger partial charge in [0.2, 0.25) is 0 Å². The van der Waals surface area contributed by atoms with Gasteiger partial charge in [0.15, 0.2) is 0 Å². The Morgan fingerprint density at radius 1 is 1.86 bits per heavy atom. The Bertz CT molecular complexity index is 113. The van der Waals surface area contributed by atoms with Crippen LogP contribution in [-0.2, 0) is 0 Å². The smallest absolute Gasteiger partial charge is 0.0962 e. The summed E-state index contributed by atoms with van der Waals surface area (Å²) in [6, 6.07) is 0. The van der Waals surface area contributed by atoms with E-state index in [1.54, 1.807) is 6.08 Å². The number of nitrogens with one attached hydrogen (secondary N) is 1. The third-order valence-corrected chi connectivity index (χ3v) is 0.775. The maximum atomic E-state index is 5.31. The lowest BCUT2D eigenvalue weighted by molar-refractivity contribution is 0.861. The predicted octanol–water partition coefficient (Wildman–Crippen LogP) is -0.251. The van der Waals surface area contributed by atoms with Crippen molar-refractivity contribution in [3.63, 3.8) is 0 Å². The molecule has 0 saturated heterocycles. The van der Waals surface area contributed by atoms with Gasteiger partial charge in [0, 0.05) is 6.54 Å². The van der Waals surface area contributed by atoms with Gasteiger partial charge >= 0.3 is 0 Å². The Morgan fingerprint density at radius 3 is 3.00 bits per heavy atom. The second kappa shape index (κ2) is 1.69. The molecule has 7 heavy (non-hydrogen) atoms. The molecule has 1 rings (SSSR count). The first kappa shape index (κ1) is 4.24. The quantitative estimate of drug-likeness (QED) is 0.435. The first-order valence-corrected chi connectivity index (χ1v) is 2.16. The Hall–Kier alpha value is -0.920. The number of dihydropyridines is 1. The van der Waals surface area contributed by atoms with Gasteiger partial charge in [-0.25, -0.2) is 0 Å². The molecule has 2 nitrogen and oxygen atoms in total. The summed E-state index contributed by atoms with van der Waals surface area (Å²) >= 11 is 0. The number of nitrogens with two attached hydrogens (primary N) is 1. The number of rotatable bonds is 0. The van der Waals surface area contributed by atoms with Gasteiger partial charge in [0.25, 0.3) is 0 Å². The first-order valence-electron chi connectivity index (χ1n) is 2.16. The lowest BCUT2D eigenvalue weighted by Crippen LogP contribution is -2.21. The van der Waals surface area contributed by atoms with E-state index in [9.17, 15) is 0 Å². The van der Waals surface area contributed by atoms with Gasteiger partial charge in [-0.1, -0.05) is 6.08 Å². The van der Waals surface area contributed by atoms with Crippen LogP contribution < -0.4 is 11.1 Å². The predicted molar refractivity (Wildman–Crippen MR) is 28.1 cm³/mol. The molecule has 0 atom stereocenters. The van der Waals surface area contributed by atoms with Crippen molar-refractivity contribution in [2.75, 3.05) is 6.54 Å². The summed E-state index contributed by atoms with van der Waals surface area (Å²) in [6.07, 6.45) is 6.52. The van der Waals surface area contributed by atoms with Gasteiger partial charge in [0.05, 0.1) is 5.82 Å². The molecule has 1 radical (unpaired) electrons. The average molecular weight is 95.1 g/mol. The van der Waals surface area contributed by atoms with E-state index >= 15 is 0 Å². The van der Waals surface area contributed by atoms with Crippen molar-refractivity contribution in [1.29, 1.82) is 0 Å². The zero-order valence-electron chi connectivity index (χ0n) is 3.94. The van der Waals surface area contributed by atoms with Gasteiger partial charge < -0.3 is 11.1 Å². The molecule has 1 aliphatic rings. The van der Waals surface area contributed by atoms with Crippen LogP contribution in [-0.4, -0.2) is 6.54 Å². The van der Waals surface area contributed by atoms with Crippen LogP contribution in [0.5, 0.6) is 0 Å². The summed E-state index contributed by atoms with van der Waals surface area (Å²) in [5.41, 5.74) is 5.31. The van der Waals surface area contributed by atoms with Crippen molar-refractivity contribution in [3.8, 4) is 0 Å². The SMILES string of the molecule is NC1=CC=[C]CN1. The molecule has 0 aliphatic carbocycles. The van der Waals surface area contributed by atoms with E-state index in [1.165, 1.54) is 0 Å². The molecule has 0 unspecified atom stereocenters. The van der Waals surface area contributed by atoms with Crippen LogP contribution in [0.25, 0.3) is 0 Å². The van der Waals surface area contributed by atoms with E-state index in [0.717, 1.165) is 12.4 Å². The lowest BCUT2D eigenvalue weighted by atomic mass is 10.4. The largest absolute Gasteiger partial charge is 0.386 e. The molecule has 0 spiro atoms. The fourth-order valence-electron chi connectivity index (χ4n) is 0.420. The van der Waals surface area contributed by atoms with Gasteiger partial charge in [-0.2, -0.15) is 0 Å². The van der Waals surface area contributed by atoms with E-state index in [4.69, 9.17) is 5.73 Å². The standard InChI is InChI=1S/C5H7N2/c6-5-3-1-2-4-7-5/h1,3,7H,4,6H2. The minimum Gasteiger partial charge on any atom is -0.386 e. The highest BCUT2D eigenvalue weighted by Crippen LogP contribution is 1.84. The summed E-state index contributed by atoms with van der Waals surface area (Å²) in [4.78, 5) is 0. The van der Waals surface area contributed by atoms with Crippen molar-refractivity contribution in [2.45, 2.75) is 0 Å². The molecule has 2 heteroatoms. The molecule has 1 aliphatic heterocycles. The molecule has 0 aromatic rings. The molecule has 37 valence electrons. The number of allylic oxidation sites excluding steroid dienone is 2. The Morgan fingerprint density at radius 2 is 2.71 bits per heavy atom. The Labute approximate surface area is 42.7 Å². The van der Waals surface area contributed by atoms with Crippen molar-refractivity contribution >= 4 is 0 Å². The van der Waals surface area contributed by atoms with Crippen LogP contribution in [0, 0.1) is 6.08 Å². The molecule has 0 saturated carbocycles. The van der Waals surface area contributed by atoms with E-state index in [1.807, 2.05) is 6.08 Å². The highest BCUT2D eigenvalue weighted by molar-refractivity contribution is 5.10. The number of hydrogen-bond donors (Lipinski definition) is 2. The zero-order valence-corrected chi connectivity index (χ0v) is 3.94. The molecular formula is C5H7N2. The van der Waals surface area contributed by atoms with Gasteiger partial charge in [-0.05, 0) is 12.2 Å². The van der Waals surface area contributed by atoms with Crippen LogP contribution in [0.4, 0.5) is 0 Å². The van der Waals surface area contributed by atoms with Crippen LogP contribution >= 0.6 is 0 Å². The number of hydrogen-bond acceptors (Lipinski definition) is 2. The normalized spacial score (nSPS) is 18.0. The Balaban J connectivity index is 2.57. The summed E-state index contributed by atoms with van der Waals surface area (Å²) in [6.45, 7) is 0.738. The highest BCUT2D eigenvalue weighted by Gasteiger charge is 1.86. The summed E-state index contributed by atoms with van der Waals surface area (Å²) in [5.74, 6) is 0.721. The van der Waals surface area contributed by atoms with E-state index in [0.29, 0.717) is 0 Å². The minimum absolute atomic E-state index is 0.721. The van der Waals surface area contributed by atoms with E-state index in [2.05, 4.69) is 11.4 Å². The molecule has 1 heterocycles. The lowest BCUT2D eigenvalue weighted by Gasteiger charge is -2.03. The molecule has 0 amide bonds. The van der Waals surface area contributed by atoms with E-state index < -0.39 is 0 Å². The average Bonchev–Trinajstić information content (AvgIpc) is 1.69. The van der Waals surface area contributed by atoms with Gasteiger partial charge in [-0.15, -0.1) is 0 Å². The van der Waals surface area contributed by atoms with Gasteiger partial charge in [-0.3, -0.25) is 0 Å². The minimum atomic E-state index is 0.721. The zero-order chi connectivity index (χ0) is 5.11. The Kier molecular flexibility index (Phi) is 1.02. The monoisotopic (exact) mass is 95.1 g/mol. The topological polar surface area (TPSA) is 38.0 Å². The van der Waals surface area contributed by atoms with Gasteiger partial charge in [0.1, 0.15) is 0 Å². The maximum absolute atomic E-state index is 5.31. The van der Waals surface area contributed by atoms with Crippen molar-refractivity contribution in [3.05, 3.63) is 24.0 Å². The van der Waals surface area contributed by atoms with Crippen LogP contribution in [0.1, 0.15) is 0 Å². The summed E-state index contributed by atoms with van der Waals surface area (Å²) < 4.78 is 0. The third-order valence-electron chi connectivity index (χ3n) is 0.775. The van der Waals surface area contributed by atoms with Crippen molar-refractivity contribution in [2.24, 2.45) is 5.73 Å². The summed E-state index contributed by atoms with van der Waals surface area (Å²) in [7, 11) is 0. The van der Waals surface area contributed by atoms with Crippen LogP contribution in [0.2, 0.25) is 0 Å².